The van der Waals surface area contributed by atoms with Gasteiger partial charge < -0.3 is 11.1 Å². The van der Waals surface area contributed by atoms with Gasteiger partial charge in [-0.15, -0.1) is 0 Å². The summed E-state index contributed by atoms with van der Waals surface area (Å²) in [6, 6.07) is 7.82. The van der Waals surface area contributed by atoms with Crippen LogP contribution >= 0.6 is 0 Å². The number of fused-ring (bicyclic) bond motifs is 1. The van der Waals surface area contributed by atoms with Gasteiger partial charge in [0.2, 0.25) is 0 Å². The number of amides is 1. The molecular weight excluding hydrogens is 240 g/mol. The first-order valence-electron chi connectivity index (χ1n) is 6.00. The molecule has 19 heavy (non-hydrogen) atoms. The Bertz CT molecular complexity index is 682. The van der Waals surface area contributed by atoms with Crippen LogP contribution in [0.3, 0.4) is 0 Å². The molecule has 1 aromatic heterocycles. The van der Waals surface area contributed by atoms with Crippen LogP contribution in [0.5, 0.6) is 0 Å². The Morgan fingerprint density at radius 3 is 2.74 bits per heavy atom. The predicted molar refractivity (Wildman–Crippen MR) is 73.0 cm³/mol. The van der Waals surface area contributed by atoms with Crippen molar-refractivity contribution in [1.82, 2.24) is 15.1 Å². The number of carbonyl (C=O) groups excluding carboxylic acids is 1. The summed E-state index contributed by atoms with van der Waals surface area (Å²) in [6.45, 7) is 5.78. The van der Waals surface area contributed by atoms with E-state index in [2.05, 4.69) is 17.0 Å². The second-order valence-corrected chi connectivity index (χ2v) is 4.69. The Morgan fingerprint density at radius 2 is 2.05 bits per heavy atom. The number of carbonyl (C=O) groups is 1. The minimum atomic E-state index is -0.234. The molecule has 0 bridgehead atoms. The van der Waals surface area contributed by atoms with Gasteiger partial charge in [-0.3, -0.25) is 4.79 Å². The van der Waals surface area contributed by atoms with E-state index in [0.29, 0.717) is 29.2 Å². The van der Waals surface area contributed by atoms with Gasteiger partial charge >= 0.3 is 0 Å². The van der Waals surface area contributed by atoms with Crippen molar-refractivity contribution in [3.63, 3.8) is 0 Å². The molecule has 2 heterocycles. The normalized spacial score (nSPS) is 14.2. The molecule has 0 atom stereocenters. The Hall–Kier alpha value is -2.56. The van der Waals surface area contributed by atoms with Crippen LogP contribution in [0.15, 0.2) is 36.5 Å². The summed E-state index contributed by atoms with van der Waals surface area (Å²) in [6.07, 6.45) is 0.518. The molecule has 3 rings (SSSR count). The van der Waals surface area contributed by atoms with Gasteiger partial charge in [0.05, 0.1) is 11.4 Å². The summed E-state index contributed by atoms with van der Waals surface area (Å²) in [7, 11) is 0. The van der Waals surface area contributed by atoms with Crippen molar-refractivity contribution in [2.45, 2.75) is 13.3 Å². The monoisotopic (exact) mass is 254 g/mol. The number of hydrogen-bond donors (Lipinski definition) is 2. The number of hydrogen-bond acceptors (Lipinski definition) is 3. The molecule has 0 aliphatic carbocycles. The summed E-state index contributed by atoms with van der Waals surface area (Å²) in [4.78, 5) is 11.9. The predicted octanol–water partition coefficient (Wildman–Crippen LogP) is 1.56. The lowest BCUT2D eigenvalue weighted by Gasteiger charge is -2.13. The minimum Gasteiger partial charge on any atom is -0.383 e. The van der Waals surface area contributed by atoms with Gasteiger partial charge in [-0.1, -0.05) is 24.3 Å². The van der Waals surface area contributed by atoms with Gasteiger partial charge in [-0.05, 0) is 19.1 Å². The van der Waals surface area contributed by atoms with Gasteiger partial charge in [-0.25, -0.2) is 4.68 Å². The van der Waals surface area contributed by atoms with Crippen LogP contribution < -0.4 is 11.1 Å². The number of nitrogens with one attached hydrogen (secondary N) is 1. The summed E-state index contributed by atoms with van der Waals surface area (Å²) < 4.78 is 1.60. The van der Waals surface area contributed by atoms with Crippen LogP contribution in [0.4, 0.5) is 5.82 Å². The summed E-state index contributed by atoms with van der Waals surface area (Å²) in [5.41, 5.74) is 9.81. The molecule has 1 amide bonds. The van der Waals surface area contributed by atoms with Gasteiger partial charge in [0.1, 0.15) is 11.4 Å². The maximum Gasteiger partial charge on any atom is 0.261 e. The summed E-state index contributed by atoms with van der Waals surface area (Å²) in [5, 5.41) is 7.10. The number of nitrogens with zero attached hydrogens (tertiary/aromatic N) is 2. The minimum absolute atomic E-state index is 0.234. The molecule has 0 saturated carbocycles. The molecule has 5 nitrogen and oxygen atoms in total. The molecule has 0 spiro atoms. The van der Waals surface area contributed by atoms with Crippen LogP contribution in [-0.4, -0.2) is 15.7 Å². The SMILES string of the molecule is C=C1Cc2nn(-c3ccc(C)cc3)c(N)c2C(=O)N1. The average Bonchev–Trinajstić information content (AvgIpc) is 2.67. The van der Waals surface area contributed by atoms with Crippen molar-refractivity contribution in [3.8, 4) is 5.69 Å². The molecule has 1 aromatic carbocycles. The van der Waals surface area contributed by atoms with Gasteiger partial charge in [0.25, 0.3) is 5.91 Å². The topological polar surface area (TPSA) is 72.9 Å². The number of anilines is 1. The Labute approximate surface area is 110 Å². The van der Waals surface area contributed by atoms with Gasteiger partial charge in [-0.2, -0.15) is 5.10 Å². The lowest BCUT2D eigenvalue weighted by Crippen LogP contribution is -2.29. The van der Waals surface area contributed by atoms with Crippen molar-refractivity contribution in [3.05, 3.63) is 53.4 Å². The van der Waals surface area contributed by atoms with E-state index < -0.39 is 0 Å². The molecule has 0 fully saturated rings. The largest absolute Gasteiger partial charge is 0.383 e. The van der Waals surface area contributed by atoms with Crippen LogP contribution in [0.2, 0.25) is 0 Å². The van der Waals surface area contributed by atoms with Crippen molar-refractivity contribution in [2.75, 3.05) is 5.73 Å². The number of aromatic nitrogens is 2. The quantitative estimate of drug-likeness (QED) is 0.811. The average molecular weight is 254 g/mol. The van der Waals surface area contributed by atoms with E-state index in [4.69, 9.17) is 5.73 Å². The van der Waals surface area contributed by atoms with E-state index in [9.17, 15) is 4.79 Å². The smallest absolute Gasteiger partial charge is 0.261 e. The molecule has 1 aliphatic heterocycles. The van der Waals surface area contributed by atoms with Gasteiger partial charge in [0.15, 0.2) is 0 Å². The van der Waals surface area contributed by atoms with E-state index in [1.807, 2.05) is 31.2 Å². The fourth-order valence-electron chi connectivity index (χ4n) is 2.20. The van der Waals surface area contributed by atoms with Crippen LogP contribution in [0.1, 0.15) is 21.6 Å². The zero-order valence-corrected chi connectivity index (χ0v) is 10.6. The first-order valence-corrected chi connectivity index (χ1v) is 6.00. The zero-order chi connectivity index (χ0) is 13.6. The van der Waals surface area contributed by atoms with E-state index in [1.165, 1.54) is 0 Å². The summed E-state index contributed by atoms with van der Waals surface area (Å²) >= 11 is 0. The van der Waals surface area contributed by atoms with Crippen LogP contribution in [0.25, 0.3) is 5.69 Å². The molecule has 1 aliphatic rings. The highest BCUT2D eigenvalue weighted by Crippen LogP contribution is 2.25. The van der Waals surface area contributed by atoms with Gasteiger partial charge in [0, 0.05) is 12.1 Å². The lowest BCUT2D eigenvalue weighted by atomic mass is 10.1. The number of nitrogen functional groups attached to an aromatic ring is 1. The first kappa shape index (κ1) is 11.5. The number of allylic oxidation sites excluding steroid dienone is 1. The fraction of sp³-hybridized carbons (Fsp3) is 0.143. The molecule has 2 aromatic rings. The first-order chi connectivity index (χ1) is 9.06. The molecule has 0 saturated heterocycles. The molecule has 0 radical (unpaired) electrons. The van der Waals surface area contributed by atoms with Crippen molar-refractivity contribution in [2.24, 2.45) is 0 Å². The Morgan fingerprint density at radius 1 is 1.37 bits per heavy atom. The highest BCUT2D eigenvalue weighted by molar-refractivity contribution is 6.02. The Balaban J connectivity index is 2.14. The molecular formula is C14H14N4O. The molecule has 5 heteroatoms. The second-order valence-electron chi connectivity index (χ2n) is 4.69. The molecule has 0 unspecified atom stereocenters. The van der Waals surface area contributed by atoms with Crippen molar-refractivity contribution >= 4 is 11.7 Å². The number of nitrogens with two attached hydrogens (primary N) is 1. The second kappa shape index (κ2) is 3.98. The third kappa shape index (κ3) is 1.79. The van der Waals surface area contributed by atoms with E-state index in [0.717, 1.165) is 11.3 Å². The van der Waals surface area contributed by atoms with E-state index >= 15 is 0 Å². The summed E-state index contributed by atoms with van der Waals surface area (Å²) in [5.74, 6) is 0.131. The lowest BCUT2D eigenvalue weighted by molar-refractivity contribution is 0.0960. The standard InChI is InChI=1S/C14H14N4O/c1-8-3-5-10(6-4-8)18-13(15)12-11(17-18)7-9(2)16-14(12)19/h3-6H,2,7,15H2,1H3,(H,16,19). The maximum atomic E-state index is 11.9. The Kier molecular flexibility index (Phi) is 2.41. The van der Waals surface area contributed by atoms with Crippen LogP contribution in [0, 0.1) is 6.92 Å². The number of rotatable bonds is 1. The maximum absolute atomic E-state index is 11.9. The fourth-order valence-corrected chi connectivity index (χ4v) is 2.20. The zero-order valence-electron chi connectivity index (χ0n) is 10.6. The molecule has 3 N–H and O–H groups in total. The highest BCUT2D eigenvalue weighted by Gasteiger charge is 2.27. The number of aryl methyl sites for hydroxylation is 1. The van der Waals surface area contributed by atoms with Crippen molar-refractivity contribution < 1.29 is 4.79 Å². The third-order valence-electron chi connectivity index (χ3n) is 3.17. The third-order valence-corrected chi connectivity index (χ3v) is 3.17. The molecule has 96 valence electrons. The number of benzene rings is 1. The van der Waals surface area contributed by atoms with E-state index in [1.54, 1.807) is 4.68 Å². The van der Waals surface area contributed by atoms with Crippen molar-refractivity contribution in [1.29, 1.82) is 0 Å². The highest BCUT2D eigenvalue weighted by atomic mass is 16.1. The van der Waals surface area contributed by atoms with E-state index in [-0.39, 0.29) is 5.91 Å². The van der Waals surface area contributed by atoms with Crippen LogP contribution in [-0.2, 0) is 6.42 Å².